The Labute approximate surface area is 105 Å². The summed E-state index contributed by atoms with van der Waals surface area (Å²) in [7, 11) is 2.01. The molecule has 2 N–H and O–H groups in total. The van der Waals surface area contributed by atoms with Crippen LogP contribution in [0.1, 0.15) is 32.6 Å². The van der Waals surface area contributed by atoms with E-state index < -0.39 is 0 Å². The molecule has 0 aliphatic carbocycles. The highest BCUT2D eigenvalue weighted by Crippen LogP contribution is 2.19. The molecule has 17 heavy (non-hydrogen) atoms. The van der Waals surface area contributed by atoms with Crippen LogP contribution >= 0.6 is 0 Å². The van der Waals surface area contributed by atoms with Crippen molar-refractivity contribution < 1.29 is 4.79 Å². The monoisotopic (exact) mass is 241 g/mol. The standard InChI is InChI=1S/C13H27N3O/c1-3-7-15-13(17)11-16-9-5-12(6-10-16)4-8-14-2/h12,14H,3-11H2,1-2H3,(H,15,17). The molecular formula is C13H27N3O. The minimum absolute atomic E-state index is 0.181. The van der Waals surface area contributed by atoms with Crippen LogP contribution < -0.4 is 10.6 Å². The molecule has 0 bridgehead atoms. The molecule has 1 saturated heterocycles. The van der Waals surface area contributed by atoms with Crippen LogP contribution in [0.15, 0.2) is 0 Å². The van der Waals surface area contributed by atoms with Crippen LogP contribution in [0.4, 0.5) is 0 Å². The molecule has 0 aromatic rings. The second kappa shape index (κ2) is 8.48. The molecular weight excluding hydrogens is 214 g/mol. The first-order chi connectivity index (χ1) is 8.26. The van der Waals surface area contributed by atoms with E-state index in [1.807, 2.05) is 7.05 Å². The molecule has 4 nitrogen and oxygen atoms in total. The number of nitrogens with one attached hydrogen (secondary N) is 2. The Hall–Kier alpha value is -0.610. The van der Waals surface area contributed by atoms with Crippen LogP contribution in [0, 0.1) is 5.92 Å². The zero-order valence-electron chi connectivity index (χ0n) is 11.3. The van der Waals surface area contributed by atoms with Crippen molar-refractivity contribution in [2.45, 2.75) is 32.6 Å². The fourth-order valence-corrected chi connectivity index (χ4v) is 2.31. The molecule has 1 amide bonds. The van der Waals surface area contributed by atoms with Gasteiger partial charge in [0.1, 0.15) is 0 Å². The molecule has 0 radical (unpaired) electrons. The van der Waals surface area contributed by atoms with Gasteiger partial charge < -0.3 is 10.6 Å². The zero-order valence-corrected chi connectivity index (χ0v) is 11.3. The molecule has 0 aromatic heterocycles. The van der Waals surface area contributed by atoms with E-state index in [9.17, 15) is 4.79 Å². The summed E-state index contributed by atoms with van der Waals surface area (Å²) >= 11 is 0. The van der Waals surface area contributed by atoms with Crippen LogP contribution in [-0.2, 0) is 4.79 Å². The Bertz CT molecular complexity index is 213. The summed E-state index contributed by atoms with van der Waals surface area (Å²) in [6.07, 6.45) is 4.76. The maximum absolute atomic E-state index is 11.6. The third-order valence-corrected chi connectivity index (χ3v) is 3.45. The third kappa shape index (κ3) is 6.03. The third-order valence-electron chi connectivity index (χ3n) is 3.45. The minimum atomic E-state index is 0.181. The average Bonchev–Trinajstić information content (AvgIpc) is 2.35. The topological polar surface area (TPSA) is 44.4 Å². The first-order valence-corrected chi connectivity index (χ1v) is 6.90. The van der Waals surface area contributed by atoms with E-state index in [2.05, 4.69) is 22.5 Å². The van der Waals surface area contributed by atoms with E-state index in [1.54, 1.807) is 0 Å². The van der Waals surface area contributed by atoms with E-state index >= 15 is 0 Å². The number of hydrogen-bond acceptors (Lipinski definition) is 3. The van der Waals surface area contributed by atoms with Crippen molar-refractivity contribution in [3.05, 3.63) is 0 Å². The Morgan fingerprint density at radius 1 is 1.29 bits per heavy atom. The van der Waals surface area contributed by atoms with Crippen molar-refractivity contribution in [3.63, 3.8) is 0 Å². The van der Waals surface area contributed by atoms with Crippen LogP contribution in [0.3, 0.4) is 0 Å². The molecule has 0 spiro atoms. The fourth-order valence-electron chi connectivity index (χ4n) is 2.31. The quantitative estimate of drug-likeness (QED) is 0.694. The van der Waals surface area contributed by atoms with Gasteiger partial charge in [-0.1, -0.05) is 6.92 Å². The van der Waals surface area contributed by atoms with Gasteiger partial charge in [-0.3, -0.25) is 9.69 Å². The lowest BCUT2D eigenvalue weighted by Gasteiger charge is -2.31. The molecule has 1 fully saturated rings. The first kappa shape index (κ1) is 14.5. The van der Waals surface area contributed by atoms with Gasteiger partial charge in [0.05, 0.1) is 6.54 Å². The summed E-state index contributed by atoms with van der Waals surface area (Å²) in [5, 5.41) is 6.14. The van der Waals surface area contributed by atoms with Crippen molar-refractivity contribution in [1.29, 1.82) is 0 Å². The Morgan fingerprint density at radius 3 is 2.59 bits per heavy atom. The molecule has 0 unspecified atom stereocenters. The van der Waals surface area contributed by atoms with Gasteiger partial charge in [-0.2, -0.15) is 0 Å². The fraction of sp³-hybridized carbons (Fsp3) is 0.923. The van der Waals surface area contributed by atoms with Gasteiger partial charge in [-0.15, -0.1) is 0 Å². The highest BCUT2D eigenvalue weighted by atomic mass is 16.2. The van der Waals surface area contributed by atoms with Crippen LogP contribution in [0.25, 0.3) is 0 Å². The van der Waals surface area contributed by atoms with E-state index in [4.69, 9.17) is 0 Å². The van der Waals surface area contributed by atoms with Crippen LogP contribution in [0.5, 0.6) is 0 Å². The molecule has 1 aliphatic rings. The normalized spacial score (nSPS) is 18.2. The van der Waals surface area contributed by atoms with Gasteiger partial charge in [-0.05, 0) is 58.3 Å². The highest BCUT2D eigenvalue weighted by molar-refractivity contribution is 5.77. The van der Waals surface area contributed by atoms with E-state index in [1.165, 1.54) is 19.3 Å². The van der Waals surface area contributed by atoms with Gasteiger partial charge in [0, 0.05) is 6.54 Å². The second-order valence-corrected chi connectivity index (χ2v) is 4.96. The Balaban J connectivity index is 2.12. The van der Waals surface area contributed by atoms with E-state index in [0.29, 0.717) is 6.54 Å². The molecule has 0 atom stereocenters. The number of hydrogen-bond donors (Lipinski definition) is 2. The lowest BCUT2D eigenvalue weighted by molar-refractivity contribution is -0.122. The van der Waals surface area contributed by atoms with Crippen LogP contribution in [0.2, 0.25) is 0 Å². The molecule has 100 valence electrons. The molecule has 1 aliphatic heterocycles. The van der Waals surface area contributed by atoms with Crippen molar-refractivity contribution in [2.24, 2.45) is 5.92 Å². The van der Waals surface area contributed by atoms with Crippen molar-refractivity contribution in [1.82, 2.24) is 15.5 Å². The average molecular weight is 241 g/mol. The highest BCUT2D eigenvalue weighted by Gasteiger charge is 2.20. The molecule has 0 saturated carbocycles. The molecule has 1 rings (SSSR count). The van der Waals surface area contributed by atoms with Gasteiger partial charge in [0.25, 0.3) is 0 Å². The van der Waals surface area contributed by atoms with E-state index in [-0.39, 0.29) is 5.91 Å². The summed E-state index contributed by atoms with van der Waals surface area (Å²) < 4.78 is 0. The minimum Gasteiger partial charge on any atom is -0.355 e. The lowest BCUT2D eigenvalue weighted by Crippen LogP contribution is -2.41. The predicted molar refractivity (Wildman–Crippen MR) is 71.0 cm³/mol. The largest absolute Gasteiger partial charge is 0.355 e. The van der Waals surface area contributed by atoms with Crippen molar-refractivity contribution in [2.75, 3.05) is 39.8 Å². The van der Waals surface area contributed by atoms with E-state index in [0.717, 1.165) is 38.5 Å². The number of piperidine rings is 1. The lowest BCUT2D eigenvalue weighted by atomic mass is 9.93. The van der Waals surface area contributed by atoms with Crippen LogP contribution in [-0.4, -0.2) is 50.6 Å². The number of nitrogens with zero attached hydrogens (tertiary/aromatic N) is 1. The number of carbonyl (C=O) groups excluding carboxylic acids is 1. The Morgan fingerprint density at radius 2 is 2.00 bits per heavy atom. The predicted octanol–water partition coefficient (Wildman–Crippen LogP) is 0.834. The first-order valence-electron chi connectivity index (χ1n) is 6.90. The zero-order chi connectivity index (χ0) is 12.5. The molecule has 4 heteroatoms. The Kier molecular flexibility index (Phi) is 7.21. The van der Waals surface area contributed by atoms with Crippen molar-refractivity contribution >= 4 is 5.91 Å². The number of amides is 1. The maximum Gasteiger partial charge on any atom is 0.234 e. The van der Waals surface area contributed by atoms with Gasteiger partial charge in [0.15, 0.2) is 0 Å². The SMILES string of the molecule is CCCNC(=O)CN1CCC(CCNC)CC1. The van der Waals surface area contributed by atoms with Crippen molar-refractivity contribution in [3.8, 4) is 0 Å². The van der Waals surface area contributed by atoms with Gasteiger partial charge in [-0.25, -0.2) is 0 Å². The summed E-state index contributed by atoms with van der Waals surface area (Å²) in [5.41, 5.74) is 0. The summed E-state index contributed by atoms with van der Waals surface area (Å²) in [6, 6.07) is 0. The van der Waals surface area contributed by atoms with Gasteiger partial charge >= 0.3 is 0 Å². The smallest absolute Gasteiger partial charge is 0.234 e. The molecule has 1 heterocycles. The number of carbonyl (C=O) groups is 1. The summed E-state index contributed by atoms with van der Waals surface area (Å²) in [5.74, 6) is 1.03. The molecule has 0 aromatic carbocycles. The number of rotatable bonds is 7. The van der Waals surface area contributed by atoms with Gasteiger partial charge in [0.2, 0.25) is 5.91 Å². The summed E-state index contributed by atoms with van der Waals surface area (Å²) in [6.45, 7) is 6.73. The maximum atomic E-state index is 11.6. The summed E-state index contributed by atoms with van der Waals surface area (Å²) in [4.78, 5) is 13.8. The number of likely N-dealkylation sites (tertiary alicyclic amines) is 1. The second-order valence-electron chi connectivity index (χ2n) is 4.96.